The SMILES string of the molecule is O=C(Nc1[nH]nc2ncnc(Nc3cccc(Cl)c3)c12)c1ccccn1. The van der Waals surface area contributed by atoms with E-state index in [0.717, 1.165) is 5.69 Å². The first-order valence-electron chi connectivity index (χ1n) is 7.65. The summed E-state index contributed by atoms with van der Waals surface area (Å²) in [5, 5.41) is 13.9. The lowest BCUT2D eigenvalue weighted by Gasteiger charge is -2.08. The molecule has 4 rings (SSSR count). The molecule has 9 heteroatoms. The van der Waals surface area contributed by atoms with Gasteiger partial charge < -0.3 is 10.6 Å². The number of carbonyl (C=O) groups is 1. The van der Waals surface area contributed by atoms with Crippen molar-refractivity contribution in [3.8, 4) is 0 Å². The minimum absolute atomic E-state index is 0.288. The molecular weight excluding hydrogens is 354 g/mol. The maximum absolute atomic E-state index is 12.4. The Bertz CT molecular complexity index is 1080. The quantitative estimate of drug-likeness (QED) is 0.511. The van der Waals surface area contributed by atoms with Crippen LogP contribution in [0.25, 0.3) is 11.0 Å². The normalized spacial score (nSPS) is 10.7. The number of nitrogens with zero attached hydrogens (tertiary/aromatic N) is 4. The first-order chi connectivity index (χ1) is 12.7. The van der Waals surface area contributed by atoms with Crippen molar-refractivity contribution in [2.75, 3.05) is 10.6 Å². The number of nitrogens with one attached hydrogen (secondary N) is 3. The second kappa shape index (κ2) is 6.77. The highest BCUT2D eigenvalue weighted by molar-refractivity contribution is 6.30. The molecule has 8 nitrogen and oxygen atoms in total. The zero-order valence-corrected chi connectivity index (χ0v) is 14.0. The summed E-state index contributed by atoms with van der Waals surface area (Å²) in [6.07, 6.45) is 2.94. The van der Waals surface area contributed by atoms with Crippen LogP contribution < -0.4 is 10.6 Å². The highest BCUT2D eigenvalue weighted by Crippen LogP contribution is 2.28. The molecule has 0 atom stereocenters. The van der Waals surface area contributed by atoms with Gasteiger partial charge in [-0.1, -0.05) is 23.7 Å². The van der Waals surface area contributed by atoms with Gasteiger partial charge >= 0.3 is 0 Å². The molecule has 0 saturated carbocycles. The number of amides is 1. The van der Waals surface area contributed by atoms with E-state index in [0.29, 0.717) is 27.7 Å². The minimum atomic E-state index is -0.367. The fourth-order valence-corrected chi connectivity index (χ4v) is 2.61. The predicted molar refractivity (Wildman–Crippen MR) is 98.6 cm³/mol. The van der Waals surface area contributed by atoms with E-state index in [9.17, 15) is 4.79 Å². The molecule has 4 aromatic rings. The zero-order chi connectivity index (χ0) is 17.9. The number of rotatable bonds is 4. The van der Waals surface area contributed by atoms with Gasteiger partial charge in [0, 0.05) is 16.9 Å². The third-order valence-electron chi connectivity index (χ3n) is 3.57. The van der Waals surface area contributed by atoms with Crippen molar-refractivity contribution in [3.05, 3.63) is 65.7 Å². The Balaban J connectivity index is 1.69. The molecule has 3 aromatic heterocycles. The summed E-state index contributed by atoms with van der Waals surface area (Å²) in [4.78, 5) is 24.8. The van der Waals surface area contributed by atoms with E-state index in [1.54, 1.807) is 36.5 Å². The number of carbonyl (C=O) groups excluding carboxylic acids is 1. The predicted octanol–water partition coefficient (Wildman–Crippen LogP) is 3.40. The number of hydrogen-bond acceptors (Lipinski definition) is 6. The van der Waals surface area contributed by atoms with Crippen molar-refractivity contribution in [1.29, 1.82) is 0 Å². The van der Waals surface area contributed by atoms with Crippen LogP contribution >= 0.6 is 11.6 Å². The van der Waals surface area contributed by atoms with Gasteiger partial charge in [-0.25, -0.2) is 9.97 Å². The molecular formula is C17H12ClN7O. The largest absolute Gasteiger partial charge is 0.339 e. The molecule has 1 aromatic carbocycles. The Morgan fingerprint density at radius 3 is 2.81 bits per heavy atom. The van der Waals surface area contributed by atoms with Crippen molar-refractivity contribution in [2.24, 2.45) is 0 Å². The van der Waals surface area contributed by atoms with Gasteiger partial charge in [-0.15, -0.1) is 0 Å². The van der Waals surface area contributed by atoms with Crippen LogP contribution in [0.2, 0.25) is 5.02 Å². The van der Waals surface area contributed by atoms with Gasteiger partial charge in [-0.2, -0.15) is 5.10 Å². The number of halogens is 1. The summed E-state index contributed by atoms with van der Waals surface area (Å²) in [6, 6.07) is 12.3. The first-order valence-corrected chi connectivity index (χ1v) is 8.02. The van der Waals surface area contributed by atoms with E-state index >= 15 is 0 Å². The van der Waals surface area contributed by atoms with E-state index in [-0.39, 0.29) is 11.6 Å². The van der Waals surface area contributed by atoms with E-state index in [1.165, 1.54) is 6.33 Å². The summed E-state index contributed by atoms with van der Waals surface area (Å²) < 4.78 is 0. The third-order valence-corrected chi connectivity index (χ3v) is 3.81. The molecule has 0 unspecified atom stereocenters. The Kier molecular flexibility index (Phi) is 4.16. The maximum Gasteiger partial charge on any atom is 0.275 e. The van der Waals surface area contributed by atoms with Gasteiger partial charge in [0.1, 0.15) is 29.0 Å². The summed E-state index contributed by atoms with van der Waals surface area (Å²) >= 11 is 6.02. The third kappa shape index (κ3) is 3.17. The van der Waals surface area contributed by atoms with Crippen LogP contribution in [0.4, 0.5) is 17.3 Å². The van der Waals surface area contributed by atoms with Gasteiger partial charge in [-0.3, -0.25) is 14.9 Å². The number of anilines is 3. The lowest BCUT2D eigenvalue weighted by molar-refractivity contribution is 0.102. The van der Waals surface area contributed by atoms with Crippen LogP contribution in [-0.2, 0) is 0 Å². The number of hydrogen-bond donors (Lipinski definition) is 3. The Hall–Kier alpha value is -3.52. The van der Waals surface area contributed by atoms with Crippen LogP contribution in [0.15, 0.2) is 55.0 Å². The lowest BCUT2D eigenvalue weighted by Crippen LogP contribution is -2.14. The standard InChI is InChI=1S/C17H12ClN7O/c18-10-4-3-5-11(8-10)22-14-13-15(21-9-20-14)24-25-16(13)23-17(26)12-6-1-2-7-19-12/h1-9H,(H3,20,21,22,23,24,25,26). The van der Waals surface area contributed by atoms with Crippen molar-refractivity contribution in [2.45, 2.75) is 0 Å². The molecule has 26 heavy (non-hydrogen) atoms. The summed E-state index contributed by atoms with van der Waals surface area (Å²) in [5.74, 6) is 0.497. The molecule has 3 N–H and O–H groups in total. The summed E-state index contributed by atoms with van der Waals surface area (Å²) in [7, 11) is 0. The van der Waals surface area contributed by atoms with Crippen LogP contribution in [-0.4, -0.2) is 31.1 Å². The van der Waals surface area contributed by atoms with Crippen LogP contribution in [0.5, 0.6) is 0 Å². The number of pyridine rings is 1. The highest BCUT2D eigenvalue weighted by atomic mass is 35.5. The molecule has 3 heterocycles. The molecule has 0 spiro atoms. The molecule has 0 aliphatic heterocycles. The maximum atomic E-state index is 12.4. The van der Waals surface area contributed by atoms with Crippen molar-refractivity contribution < 1.29 is 4.79 Å². The fourth-order valence-electron chi connectivity index (χ4n) is 2.42. The molecule has 1 amide bonds. The van der Waals surface area contributed by atoms with Gasteiger partial charge in [0.25, 0.3) is 5.91 Å². The molecule has 0 saturated heterocycles. The summed E-state index contributed by atoms with van der Waals surface area (Å²) in [5.41, 5.74) is 1.46. The number of fused-ring (bicyclic) bond motifs is 1. The molecule has 0 bridgehead atoms. The average molecular weight is 366 g/mol. The number of benzene rings is 1. The minimum Gasteiger partial charge on any atom is -0.339 e. The van der Waals surface area contributed by atoms with Crippen LogP contribution in [0.1, 0.15) is 10.5 Å². The molecule has 128 valence electrons. The Labute approximate surface area is 152 Å². The Morgan fingerprint density at radius 2 is 2.00 bits per heavy atom. The second-order valence-corrected chi connectivity index (χ2v) is 5.76. The van der Waals surface area contributed by atoms with Crippen molar-refractivity contribution >= 4 is 45.9 Å². The number of aromatic amines is 1. The average Bonchev–Trinajstić information content (AvgIpc) is 3.06. The van der Waals surface area contributed by atoms with Gasteiger partial charge in [0.2, 0.25) is 0 Å². The van der Waals surface area contributed by atoms with Crippen LogP contribution in [0, 0.1) is 0 Å². The smallest absolute Gasteiger partial charge is 0.275 e. The zero-order valence-electron chi connectivity index (χ0n) is 13.3. The van der Waals surface area contributed by atoms with Gasteiger partial charge in [0.05, 0.1) is 0 Å². The second-order valence-electron chi connectivity index (χ2n) is 5.32. The lowest BCUT2D eigenvalue weighted by atomic mass is 10.3. The molecule has 0 radical (unpaired) electrons. The van der Waals surface area contributed by atoms with Gasteiger partial charge in [-0.05, 0) is 30.3 Å². The summed E-state index contributed by atoms with van der Waals surface area (Å²) in [6.45, 7) is 0. The topological polar surface area (TPSA) is 108 Å². The van der Waals surface area contributed by atoms with Crippen LogP contribution in [0.3, 0.4) is 0 Å². The van der Waals surface area contributed by atoms with Crippen molar-refractivity contribution in [1.82, 2.24) is 25.1 Å². The van der Waals surface area contributed by atoms with E-state index in [2.05, 4.69) is 35.8 Å². The Morgan fingerprint density at radius 1 is 1.08 bits per heavy atom. The fraction of sp³-hybridized carbons (Fsp3) is 0. The molecule has 0 fully saturated rings. The molecule has 0 aliphatic rings. The first kappa shape index (κ1) is 16.0. The number of aromatic nitrogens is 5. The van der Waals surface area contributed by atoms with Gasteiger partial charge in [0.15, 0.2) is 5.65 Å². The molecule has 0 aliphatic carbocycles. The van der Waals surface area contributed by atoms with E-state index in [4.69, 9.17) is 11.6 Å². The van der Waals surface area contributed by atoms with E-state index in [1.807, 2.05) is 12.1 Å². The monoisotopic (exact) mass is 365 g/mol. The highest BCUT2D eigenvalue weighted by Gasteiger charge is 2.16. The van der Waals surface area contributed by atoms with Crippen molar-refractivity contribution in [3.63, 3.8) is 0 Å². The van der Waals surface area contributed by atoms with E-state index < -0.39 is 0 Å². The number of H-pyrrole nitrogens is 1.